The zero-order chi connectivity index (χ0) is 17.1. The van der Waals surface area contributed by atoms with E-state index in [1.165, 1.54) is 5.56 Å². The lowest BCUT2D eigenvalue weighted by Gasteiger charge is -2.35. The Morgan fingerprint density at radius 2 is 1.40 bits per heavy atom. The van der Waals surface area contributed by atoms with Crippen LogP contribution in [0.15, 0.2) is 61.1 Å². The molecule has 1 aliphatic rings. The van der Waals surface area contributed by atoms with Crippen LogP contribution in [0.1, 0.15) is 5.56 Å². The number of piperazine rings is 1. The number of aryl methyl sites for hydroxylation is 1. The molecule has 0 unspecified atom stereocenters. The van der Waals surface area contributed by atoms with Gasteiger partial charge in [-0.25, -0.2) is 15.0 Å². The SMILES string of the molecule is Cc1ccc(-c2cnc(N3CCN(c4ccccn4)CC3)nc2)cc1. The fourth-order valence-corrected chi connectivity index (χ4v) is 3.06. The van der Waals surface area contributed by atoms with Crippen molar-refractivity contribution in [3.05, 3.63) is 66.6 Å². The van der Waals surface area contributed by atoms with Crippen molar-refractivity contribution in [2.75, 3.05) is 36.0 Å². The molecule has 3 heterocycles. The van der Waals surface area contributed by atoms with Crippen LogP contribution in [0, 0.1) is 6.92 Å². The Labute approximate surface area is 148 Å². The number of pyridine rings is 1. The van der Waals surface area contributed by atoms with Crippen molar-refractivity contribution in [3.63, 3.8) is 0 Å². The average Bonchev–Trinajstić information content (AvgIpc) is 2.70. The van der Waals surface area contributed by atoms with Crippen LogP contribution in [0.25, 0.3) is 11.1 Å². The van der Waals surface area contributed by atoms with Gasteiger partial charge in [0.25, 0.3) is 0 Å². The number of rotatable bonds is 3. The van der Waals surface area contributed by atoms with E-state index in [1.54, 1.807) is 0 Å². The standard InChI is InChI=1S/C20H21N5/c1-16-5-7-17(8-6-16)18-14-22-20(23-15-18)25-12-10-24(11-13-25)19-4-2-3-9-21-19/h2-9,14-15H,10-13H2,1H3. The lowest BCUT2D eigenvalue weighted by atomic mass is 10.1. The van der Waals surface area contributed by atoms with Crippen LogP contribution in [-0.4, -0.2) is 41.1 Å². The predicted octanol–water partition coefficient (Wildman–Crippen LogP) is 3.17. The fraction of sp³-hybridized carbons (Fsp3) is 0.250. The van der Waals surface area contributed by atoms with Gasteiger partial charge in [0.15, 0.2) is 0 Å². The molecule has 0 saturated carbocycles. The Morgan fingerprint density at radius 3 is 2.04 bits per heavy atom. The van der Waals surface area contributed by atoms with Crippen LogP contribution in [0.5, 0.6) is 0 Å². The number of nitrogens with zero attached hydrogens (tertiary/aromatic N) is 5. The normalized spacial score (nSPS) is 14.6. The van der Waals surface area contributed by atoms with Gasteiger partial charge in [0, 0.05) is 50.3 Å². The van der Waals surface area contributed by atoms with E-state index in [-0.39, 0.29) is 0 Å². The highest BCUT2D eigenvalue weighted by Crippen LogP contribution is 2.20. The van der Waals surface area contributed by atoms with Crippen LogP contribution >= 0.6 is 0 Å². The zero-order valence-electron chi connectivity index (χ0n) is 14.3. The summed E-state index contributed by atoms with van der Waals surface area (Å²) < 4.78 is 0. The molecule has 1 aromatic carbocycles. The number of benzene rings is 1. The van der Waals surface area contributed by atoms with Crippen molar-refractivity contribution in [1.29, 1.82) is 0 Å². The van der Waals surface area contributed by atoms with E-state index in [2.05, 4.69) is 62.0 Å². The maximum atomic E-state index is 4.58. The van der Waals surface area contributed by atoms with Gasteiger partial charge in [0.2, 0.25) is 5.95 Å². The van der Waals surface area contributed by atoms with E-state index in [0.29, 0.717) is 0 Å². The van der Waals surface area contributed by atoms with E-state index in [4.69, 9.17) is 0 Å². The molecule has 2 aromatic heterocycles. The molecule has 0 spiro atoms. The highest BCUT2D eigenvalue weighted by molar-refractivity contribution is 5.62. The van der Waals surface area contributed by atoms with Crippen molar-refractivity contribution in [2.24, 2.45) is 0 Å². The highest BCUT2D eigenvalue weighted by Gasteiger charge is 2.19. The number of hydrogen-bond acceptors (Lipinski definition) is 5. The summed E-state index contributed by atoms with van der Waals surface area (Å²) in [6, 6.07) is 14.5. The summed E-state index contributed by atoms with van der Waals surface area (Å²) in [4.78, 5) is 18.1. The minimum atomic E-state index is 0.802. The predicted molar refractivity (Wildman–Crippen MR) is 101 cm³/mol. The molecule has 1 saturated heterocycles. The first-order chi connectivity index (χ1) is 12.3. The smallest absolute Gasteiger partial charge is 0.225 e. The van der Waals surface area contributed by atoms with Gasteiger partial charge in [-0.3, -0.25) is 0 Å². The molecule has 3 aromatic rings. The minimum Gasteiger partial charge on any atom is -0.353 e. The summed E-state index contributed by atoms with van der Waals surface area (Å²) in [5.41, 5.74) is 3.46. The van der Waals surface area contributed by atoms with Crippen LogP contribution in [-0.2, 0) is 0 Å². The molecule has 4 rings (SSSR count). The van der Waals surface area contributed by atoms with Crippen LogP contribution in [0.4, 0.5) is 11.8 Å². The van der Waals surface area contributed by atoms with E-state index < -0.39 is 0 Å². The molecule has 25 heavy (non-hydrogen) atoms. The first-order valence-corrected chi connectivity index (χ1v) is 8.59. The average molecular weight is 331 g/mol. The first-order valence-electron chi connectivity index (χ1n) is 8.59. The highest BCUT2D eigenvalue weighted by atomic mass is 15.3. The molecule has 0 N–H and O–H groups in total. The number of anilines is 2. The Kier molecular flexibility index (Phi) is 4.29. The summed E-state index contributed by atoms with van der Waals surface area (Å²) in [6.07, 6.45) is 5.67. The Balaban J connectivity index is 1.42. The van der Waals surface area contributed by atoms with E-state index in [9.17, 15) is 0 Å². The van der Waals surface area contributed by atoms with Gasteiger partial charge in [0.05, 0.1) is 0 Å². The first kappa shape index (κ1) is 15.6. The molecule has 0 radical (unpaired) electrons. The van der Waals surface area contributed by atoms with Gasteiger partial charge < -0.3 is 9.80 Å². The van der Waals surface area contributed by atoms with Crippen molar-refractivity contribution >= 4 is 11.8 Å². The number of aromatic nitrogens is 3. The van der Waals surface area contributed by atoms with Crippen molar-refractivity contribution in [2.45, 2.75) is 6.92 Å². The van der Waals surface area contributed by atoms with E-state index in [0.717, 1.165) is 49.1 Å². The third kappa shape index (κ3) is 3.45. The summed E-state index contributed by atoms with van der Waals surface area (Å²) in [5, 5.41) is 0. The summed E-state index contributed by atoms with van der Waals surface area (Å²) in [7, 11) is 0. The third-order valence-electron chi connectivity index (χ3n) is 4.56. The largest absolute Gasteiger partial charge is 0.353 e. The third-order valence-corrected chi connectivity index (χ3v) is 4.56. The maximum Gasteiger partial charge on any atom is 0.225 e. The lowest BCUT2D eigenvalue weighted by molar-refractivity contribution is 0.635. The van der Waals surface area contributed by atoms with Crippen LogP contribution < -0.4 is 9.80 Å². The van der Waals surface area contributed by atoms with Gasteiger partial charge >= 0.3 is 0 Å². The molecule has 0 amide bonds. The topological polar surface area (TPSA) is 45.2 Å². The molecule has 0 bridgehead atoms. The summed E-state index contributed by atoms with van der Waals surface area (Å²) >= 11 is 0. The fourth-order valence-electron chi connectivity index (χ4n) is 3.06. The van der Waals surface area contributed by atoms with Gasteiger partial charge in [-0.2, -0.15) is 0 Å². The molecule has 1 fully saturated rings. The molecular formula is C20H21N5. The molecule has 1 aliphatic heterocycles. The second kappa shape index (κ2) is 6.89. The Bertz CT molecular complexity index is 807. The van der Waals surface area contributed by atoms with Crippen molar-refractivity contribution in [1.82, 2.24) is 15.0 Å². The summed E-state index contributed by atoms with van der Waals surface area (Å²) in [6.45, 7) is 5.76. The van der Waals surface area contributed by atoms with Crippen LogP contribution in [0.3, 0.4) is 0 Å². The zero-order valence-corrected chi connectivity index (χ0v) is 14.3. The van der Waals surface area contributed by atoms with Gasteiger partial charge in [-0.1, -0.05) is 35.9 Å². The second-order valence-electron chi connectivity index (χ2n) is 6.30. The molecule has 0 aliphatic carbocycles. The lowest BCUT2D eigenvalue weighted by Crippen LogP contribution is -2.47. The molecule has 5 nitrogen and oxygen atoms in total. The van der Waals surface area contributed by atoms with E-state index >= 15 is 0 Å². The molecule has 5 heteroatoms. The molecular weight excluding hydrogens is 310 g/mol. The molecule has 126 valence electrons. The quantitative estimate of drug-likeness (QED) is 0.737. The Hall–Kier alpha value is -2.95. The van der Waals surface area contributed by atoms with Gasteiger partial charge in [0.1, 0.15) is 5.82 Å². The van der Waals surface area contributed by atoms with Crippen molar-refractivity contribution in [3.8, 4) is 11.1 Å². The Morgan fingerprint density at radius 1 is 0.720 bits per heavy atom. The summed E-state index contributed by atoms with van der Waals surface area (Å²) in [5.74, 6) is 1.84. The van der Waals surface area contributed by atoms with E-state index in [1.807, 2.05) is 30.7 Å². The van der Waals surface area contributed by atoms with Gasteiger partial charge in [-0.15, -0.1) is 0 Å². The second-order valence-corrected chi connectivity index (χ2v) is 6.30. The number of hydrogen-bond donors (Lipinski definition) is 0. The molecule has 0 atom stereocenters. The van der Waals surface area contributed by atoms with Crippen molar-refractivity contribution < 1.29 is 0 Å². The maximum absolute atomic E-state index is 4.58. The van der Waals surface area contributed by atoms with Crippen LogP contribution in [0.2, 0.25) is 0 Å². The monoisotopic (exact) mass is 331 g/mol. The van der Waals surface area contributed by atoms with Gasteiger partial charge in [-0.05, 0) is 24.6 Å². The minimum absolute atomic E-state index is 0.802.